The first-order valence-electron chi connectivity index (χ1n) is 12.6. The van der Waals surface area contributed by atoms with Gasteiger partial charge in [-0.15, -0.1) is 0 Å². The van der Waals surface area contributed by atoms with Gasteiger partial charge < -0.3 is 4.90 Å². The van der Waals surface area contributed by atoms with Gasteiger partial charge in [-0.2, -0.15) is 0 Å². The van der Waals surface area contributed by atoms with Gasteiger partial charge in [-0.3, -0.25) is 24.4 Å². The van der Waals surface area contributed by atoms with E-state index in [1.165, 1.54) is 5.56 Å². The van der Waals surface area contributed by atoms with Crippen molar-refractivity contribution in [3.63, 3.8) is 0 Å². The standard InChI is InChI=1S/C28H38N4O2/c1-19-10-13-29-21(3)27(19)28(34)30-14-11-26(12-15-30)31-16-17-32(20(2)18-31)22(4)24-6-8-25(9-7-24)23(5)33/h6-10,13,20,22,26H,11-12,14-18H2,1-5H3/t20-,22-/m0/s1. The third-order valence-corrected chi connectivity index (χ3v) is 7.84. The molecule has 34 heavy (non-hydrogen) atoms. The Hall–Kier alpha value is -2.57. The van der Waals surface area contributed by atoms with Gasteiger partial charge in [0.25, 0.3) is 5.91 Å². The lowest BCUT2D eigenvalue weighted by atomic mass is 9.97. The third kappa shape index (κ3) is 5.08. The summed E-state index contributed by atoms with van der Waals surface area (Å²) in [5.41, 5.74) is 4.64. The molecular weight excluding hydrogens is 424 g/mol. The van der Waals surface area contributed by atoms with Crippen molar-refractivity contribution in [3.05, 3.63) is 64.5 Å². The molecule has 0 radical (unpaired) electrons. The summed E-state index contributed by atoms with van der Waals surface area (Å²) in [4.78, 5) is 36.3. The summed E-state index contributed by atoms with van der Waals surface area (Å²) >= 11 is 0. The molecule has 2 saturated heterocycles. The summed E-state index contributed by atoms with van der Waals surface area (Å²) in [6.07, 6.45) is 3.83. The van der Waals surface area contributed by atoms with E-state index in [-0.39, 0.29) is 11.7 Å². The van der Waals surface area contributed by atoms with Crippen LogP contribution in [0, 0.1) is 13.8 Å². The molecule has 2 aromatic rings. The highest BCUT2D eigenvalue weighted by molar-refractivity contribution is 5.96. The minimum Gasteiger partial charge on any atom is -0.338 e. The Kier molecular flexibility index (Phi) is 7.48. The van der Waals surface area contributed by atoms with Crippen LogP contribution in [0.1, 0.15) is 77.2 Å². The zero-order valence-electron chi connectivity index (χ0n) is 21.3. The summed E-state index contributed by atoms with van der Waals surface area (Å²) in [6.45, 7) is 14.9. The first kappa shape index (κ1) is 24.6. The van der Waals surface area contributed by atoms with Crippen LogP contribution in [0.4, 0.5) is 0 Å². The van der Waals surface area contributed by atoms with Crippen LogP contribution >= 0.6 is 0 Å². The molecule has 1 amide bonds. The van der Waals surface area contributed by atoms with E-state index in [9.17, 15) is 9.59 Å². The second kappa shape index (κ2) is 10.4. The number of aryl methyl sites for hydroxylation is 2. The van der Waals surface area contributed by atoms with E-state index >= 15 is 0 Å². The van der Waals surface area contributed by atoms with E-state index in [0.29, 0.717) is 18.1 Å². The molecule has 4 rings (SSSR count). The van der Waals surface area contributed by atoms with E-state index in [1.807, 2.05) is 36.9 Å². The molecule has 2 atom stereocenters. The number of amides is 1. The Morgan fingerprint density at radius 3 is 2.26 bits per heavy atom. The molecule has 6 nitrogen and oxygen atoms in total. The maximum Gasteiger partial charge on any atom is 0.255 e. The molecule has 3 heterocycles. The van der Waals surface area contributed by atoms with Gasteiger partial charge in [-0.1, -0.05) is 24.3 Å². The van der Waals surface area contributed by atoms with Gasteiger partial charge in [0.15, 0.2) is 5.78 Å². The molecule has 0 aliphatic carbocycles. The van der Waals surface area contributed by atoms with Gasteiger partial charge in [0.05, 0.1) is 11.3 Å². The van der Waals surface area contributed by atoms with Crippen molar-refractivity contribution in [2.45, 2.75) is 65.6 Å². The first-order chi connectivity index (χ1) is 16.3. The van der Waals surface area contributed by atoms with Gasteiger partial charge in [-0.05, 0) is 64.7 Å². The van der Waals surface area contributed by atoms with Crippen LogP contribution in [-0.4, -0.2) is 76.2 Å². The minimum atomic E-state index is 0.111. The molecule has 2 aliphatic heterocycles. The quantitative estimate of drug-likeness (QED) is 0.621. The molecule has 2 aliphatic rings. The average molecular weight is 463 g/mol. The zero-order chi connectivity index (χ0) is 24.4. The Balaban J connectivity index is 1.32. The fourth-order valence-electron chi connectivity index (χ4n) is 5.70. The Bertz CT molecular complexity index is 1010. The number of carbonyl (C=O) groups excluding carboxylic acids is 2. The number of aromatic nitrogens is 1. The molecule has 1 aromatic carbocycles. The lowest BCUT2D eigenvalue weighted by Crippen LogP contribution is -2.57. The SMILES string of the molecule is CC(=O)c1ccc([C@H](C)N2CCN(C3CCN(C(=O)c4c(C)ccnc4C)CC3)C[C@@H]2C)cc1. The molecule has 0 unspecified atom stereocenters. The number of hydrogen-bond donors (Lipinski definition) is 0. The van der Waals surface area contributed by atoms with Crippen molar-refractivity contribution in [1.29, 1.82) is 0 Å². The summed E-state index contributed by atoms with van der Waals surface area (Å²) < 4.78 is 0. The van der Waals surface area contributed by atoms with Crippen molar-refractivity contribution in [2.24, 2.45) is 0 Å². The number of carbonyl (C=O) groups is 2. The number of hydrogen-bond acceptors (Lipinski definition) is 5. The first-order valence-corrected chi connectivity index (χ1v) is 12.6. The highest BCUT2D eigenvalue weighted by Crippen LogP contribution is 2.28. The summed E-state index contributed by atoms with van der Waals surface area (Å²) in [5.74, 6) is 0.240. The molecule has 6 heteroatoms. The minimum absolute atomic E-state index is 0.111. The highest BCUT2D eigenvalue weighted by Gasteiger charge is 2.34. The van der Waals surface area contributed by atoms with Crippen molar-refractivity contribution in [3.8, 4) is 0 Å². The molecular formula is C28H38N4O2. The van der Waals surface area contributed by atoms with E-state index in [0.717, 1.165) is 67.9 Å². The van der Waals surface area contributed by atoms with Crippen LogP contribution in [0.5, 0.6) is 0 Å². The smallest absolute Gasteiger partial charge is 0.255 e. The van der Waals surface area contributed by atoms with E-state index < -0.39 is 0 Å². The number of ketones is 1. The van der Waals surface area contributed by atoms with Crippen LogP contribution in [0.2, 0.25) is 0 Å². The number of pyridine rings is 1. The summed E-state index contributed by atoms with van der Waals surface area (Å²) in [5, 5.41) is 0. The van der Waals surface area contributed by atoms with Crippen molar-refractivity contribution >= 4 is 11.7 Å². The number of benzene rings is 1. The molecule has 1 aromatic heterocycles. The number of piperazine rings is 1. The number of likely N-dealkylation sites (tertiary alicyclic amines) is 1. The second-order valence-electron chi connectivity index (χ2n) is 10.0. The third-order valence-electron chi connectivity index (χ3n) is 7.84. The summed E-state index contributed by atoms with van der Waals surface area (Å²) in [7, 11) is 0. The van der Waals surface area contributed by atoms with E-state index in [2.05, 4.69) is 40.8 Å². The normalized spacial score (nSPS) is 21.4. The topological polar surface area (TPSA) is 56.8 Å². The van der Waals surface area contributed by atoms with Gasteiger partial charge in [0.1, 0.15) is 0 Å². The number of nitrogens with zero attached hydrogens (tertiary/aromatic N) is 4. The van der Waals surface area contributed by atoms with Crippen LogP contribution in [0.15, 0.2) is 36.5 Å². The second-order valence-corrected chi connectivity index (χ2v) is 10.0. The van der Waals surface area contributed by atoms with Crippen LogP contribution in [-0.2, 0) is 0 Å². The molecule has 0 bridgehead atoms. The number of rotatable bonds is 5. The Morgan fingerprint density at radius 2 is 1.68 bits per heavy atom. The average Bonchev–Trinajstić information content (AvgIpc) is 2.83. The predicted octanol–water partition coefficient (Wildman–Crippen LogP) is 4.27. The molecule has 0 N–H and O–H groups in total. The number of Topliss-reactive ketones (excluding diaryl/α,β-unsaturated/α-hetero) is 1. The van der Waals surface area contributed by atoms with E-state index in [4.69, 9.17) is 0 Å². The molecule has 182 valence electrons. The van der Waals surface area contributed by atoms with Crippen LogP contribution in [0.25, 0.3) is 0 Å². The van der Waals surface area contributed by atoms with Crippen molar-refractivity contribution in [2.75, 3.05) is 32.7 Å². The predicted molar refractivity (Wildman–Crippen MR) is 135 cm³/mol. The maximum absolute atomic E-state index is 13.1. The molecule has 0 saturated carbocycles. The summed E-state index contributed by atoms with van der Waals surface area (Å²) in [6, 6.07) is 11.3. The molecule has 2 fully saturated rings. The van der Waals surface area contributed by atoms with Crippen LogP contribution < -0.4 is 0 Å². The number of piperidine rings is 1. The van der Waals surface area contributed by atoms with Gasteiger partial charge in [0, 0.05) is 62.6 Å². The maximum atomic E-state index is 13.1. The van der Waals surface area contributed by atoms with Crippen molar-refractivity contribution in [1.82, 2.24) is 19.7 Å². The lowest BCUT2D eigenvalue weighted by molar-refractivity contribution is 0.0135. The van der Waals surface area contributed by atoms with E-state index in [1.54, 1.807) is 13.1 Å². The Morgan fingerprint density at radius 1 is 1.00 bits per heavy atom. The van der Waals surface area contributed by atoms with Crippen LogP contribution in [0.3, 0.4) is 0 Å². The van der Waals surface area contributed by atoms with Crippen molar-refractivity contribution < 1.29 is 9.59 Å². The monoisotopic (exact) mass is 462 g/mol. The lowest BCUT2D eigenvalue weighted by Gasteiger charge is -2.47. The molecule has 0 spiro atoms. The Labute approximate surface area is 204 Å². The fraction of sp³-hybridized carbons (Fsp3) is 0.536. The van der Waals surface area contributed by atoms with Gasteiger partial charge >= 0.3 is 0 Å². The zero-order valence-corrected chi connectivity index (χ0v) is 21.3. The highest BCUT2D eigenvalue weighted by atomic mass is 16.2. The van der Waals surface area contributed by atoms with Gasteiger partial charge in [0.2, 0.25) is 0 Å². The van der Waals surface area contributed by atoms with Gasteiger partial charge in [-0.25, -0.2) is 0 Å². The largest absolute Gasteiger partial charge is 0.338 e. The fourth-order valence-corrected chi connectivity index (χ4v) is 5.70.